The third-order valence-electron chi connectivity index (χ3n) is 4.58. The van der Waals surface area contributed by atoms with Gasteiger partial charge in [0.15, 0.2) is 0 Å². The third-order valence-corrected chi connectivity index (χ3v) is 4.79. The second-order valence-corrected chi connectivity index (χ2v) is 6.43. The van der Waals surface area contributed by atoms with E-state index in [1.165, 1.54) is 32.1 Å². The van der Waals surface area contributed by atoms with Crippen LogP contribution in [0.5, 0.6) is 0 Å². The molecule has 0 aromatic carbocycles. The van der Waals surface area contributed by atoms with Crippen molar-refractivity contribution in [2.75, 3.05) is 26.7 Å². The molecule has 2 aliphatic rings. The second kappa shape index (κ2) is 6.66. The fourth-order valence-corrected chi connectivity index (χ4v) is 3.49. The molecule has 0 aromatic rings. The Morgan fingerprint density at radius 1 is 1.37 bits per heavy atom. The standard InChI is InChI=1S/C14H25N3OS/c1-16(8-7-13(15)19)14(18)10-17-9-6-11-4-2-3-5-12(11)17/h11-12H,2-10H2,1H3,(H2,15,19). The highest BCUT2D eigenvalue weighted by atomic mass is 32.1. The average molecular weight is 283 g/mol. The topological polar surface area (TPSA) is 49.6 Å². The third kappa shape index (κ3) is 3.89. The van der Waals surface area contributed by atoms with Crippen LogP contribution in [0, 0.1) is 5.92 Å². The molecule has 0 radical (unpaired) electrons. The fourth-order valence-electron chi connectivity index (χ4n) is 3.40. The molecule has 4 nitrogen and oxygen atoms in total. The molecule has 1 aliphatic carbocycles. The lowest BCUT2D eigenvalue weighted by Crippen LogP contribution is -2.43. The SMILES string of the molecule is CN(CCC(N)=S)C(=O)CN1CCC2CCCCC21. The van der Waals surface area contributed by atoms with Gasteiger partial charge in [0.05, 0.1) is 11.5 Å². The van der Waals surface area contributed by atoms with Gasteiger partial charge in [0.1, 0.15) is 0 Å². The first kappa shape index (κ1) is 14.7. The molecule has 5 heteroatoms. The Kier molecular flexibility index (Phi) is 5.16. The van der Waals surface area contributed by atoms with Gasteiger partial charge in [-0.05, 0) is 31.7 Å². The summed E-state index contributed by atoms with van der Waals surface area (Å²) in [5, 5.41) is 0. The van der Waals surface area contributed by atoms with Crippen LogP contribution in [-0.2, 0) is 4.79 Å². The number of rotatable bonds is 5. The van der Waals surface area contributed by atoms with E-state index in [1.807, 2.05) is 7.05 Å². The highest BCUT2D eigenvalue weighted by molar-refractivity contribution is 7.80. The number of nitrogens with two attached hydrogens (primary N) is 1. The predicted molar refractivity (Wildman–Crippen MR) is 81.0 cm³/mol. The summed E-state index contributed by atoms with van der Waals surface area (Å²) in [4.78, 5) is 16.8. The summed E-state index contributed by atoms with van der Waals surface area (Å²) in [7, 11) is 1.84. The van der Waals surface area contributed by atoms with Crippen molar-refractivity contribution in [1.29, 1.82) is 0 Å². The van der Waals surface area contributed by atoms with Crippen LogP contribution in [-0.4, -0.2) is 53.4 Å². The number of likely N-dealkylation sites (N-methyl/N-ethyl adjacent to an activating group) is 1. The highest BCUT2D eigenvalue weighted by Gasteiger charge is 2.36. The first-order chi connectivity index (χ1) is 9.08. The van der Waals surface area contributed by atoms with Crippen molar-refractivity contribution in [3.63, 3.8) is 0 Å². The first-order valence-corrected chi connectivity index (χ1v) is 7.75. The Morgan fingerprint density at radius 2 is 2.11 bits per heavy atom. The molecule has 2 N–H and O–H groups in total. The van der Waals surface area contributed by atoms with Gasteiger partial charge < -0.3 is 10.6 Å². The zero-order chi connectivity index (χ0) is 13.8. The molecule has 108 valence electrons. The zero-order valence-corrected chi connectivity index (χ0v) is 12.6. The molecule has 2 fully saturated rings. The molecule has 1 amide bonds. The Morgan fingerprint density at radius 3 is 2.84 bits per heavy atom. The van der Waals surface area contributed by atoms with E-state index in [0.29, 0.717) is 30.5 Å². The van der Waals surface area contributed by atoms with E-state index >= 15 is 0 Å². The van der Waals surface area contributed by atoms with Crippen molar-refractivity contribution in [3.05, 3.63) is 0 Å². The van der Waals surface area contributed by atoms with Gasteiger partial charge in [0.25, 0.3) is 0 Å². The summed E-state index contributed by atoms with van der Waals surface area (Å²) in [6.07, 6.45) is 7.21. The van der Waals surface area contributed by atoms with Gasteiger partial charge in [-0.1, -0.05) is 25.1 Å². The van der Waals surface area contributed by atoms with E-state index in [1.54, 1.807) is 4.90 Å². The minimum Gasteiger partial charge on any atom is -0.393 e. The number of likely N-dealkylation sites (tertiary alicyclic amines) is 1. The van der Waals surface area contributed by atoms with E-state index in [-0.39, 0.29) is 5.91 Å². The van der Waals surface area contributed by atoms with E-state index < -0.39 is 0 Å². The number of fused-ring (bicyclic) bond motifs is 1. The van der Waals surface area contributed by atoms with Crippen molar-refractivity contribution < 1.29 is 4.79 Å². The van der Waals surface area contributed by atoms with Gasteiger partial charge in [-0.25, -0.2) is 0 Å². The summed E-state index contributed by atoms with van der Waals surface area (Å²) in [5.74, 6) is 1.03. The number of hydrogen-bond donors (Lipinski definition) is 1. The Labute approximate surface area is 121 Å². The number of thiocarbonyl (C=S) groups is 1. The molecule has 1 heterocycles. The highest BCUT2D eigenvalue weighted by Crippen LogP contribution is 2.35. The lowest BCUT2D eigenvalue weighted by Gasteiger charge is -2.32. The normalized spacial score (nSPS) is 27.0. The molecule has 2 rings (SSSR count). The molecular formula is C14H25N3OS. The van der Waals surface area contributed by atoms with Gasteiger partial charge in [0.2, 0.25) is 5.91 Å². The van der Waals surface area contributed by atoms with Crippen molar-refractivity contribution in [2.45, 2.75) is 44.6 Å². The van der Waals surface area contributed by atoms with Crippen molar-refractivity contribution >= 4 is 23.1 Å². The molecule has 1 saturated carbocycles. The van der Waals surface area contributed by atoms with Crippen molar-refractivity contribution in [1.82, 2.24) is 9.80 Å². The largest absolute Gasteiger partial charge is 0.393 e. The van der Waals surface area contributed by atoms with Gasteiger partial charge >= 0.3 is 0 Å². The summed E-state index contributed by atoms with van der Waals surface area (Å²) in [5.41, 5.74) is 5.47. The maximum atomic E-state index is 12.2. The molecule has 1 aliphatic heterocycles. The Balaban J connectivity index is 1.80. The van der Waals surface area contributed by atoms with E-state index in [0.717, 1.165) is 12.5 Å². The number of carbonyl (C=O) groups excluding carboxylic acids is 1. The maximum Gasteiger partial charge on any atom is 0.236 e. The fraction of sp³-hybridized carbons (Fsp3) is 0.857. The first-order valence-electron chi connectivity index (χ1n) is 7.34. The van der Waals surface area contributed by atoms with Crippen LogP contribution in [0.25, 0.3) is 0 Å². The van der Waals surface area contributed by atoms with E-state index in [9.17, 15) is 4.79 Å². The minimum absolute atomic E-state index is 0.197. The van der Waals surface area contributed by atoms with Crippen LogP contribution in [0.1, 0.15) is 38.5 Å². The predicted octanol–water partition coefficient (Wildman–Crippen LogP) is 1.39. The average Bonchev–Trinajstić information content (AvgIpc) is 2.79. The number of carbonyl (C=O) groups is 1. The Bertz CT molecular complexity index is 348. The number of hydrogen-bond acceptors (Lipinski definition) is 3. The molecule has 0 bridgehead atoms. The smallest absolute Gasteiger partial charge is 0.236 e. The van der Waals surface area contributed by atoms with Crippen molar-refractivity contribution in [2.24, 2.45) is 11.7 Å². The summed E-state index contributed by atoms with van der Waals surface area (Å²) in [6.45, 7) is 2.29. The van der Waals surface area contributed by atoms with Crippen LogP contribution in [0.15, 0.2) is 0 Å². The molecule has 19 heavy (non-hydrogen) atoms. The molecule has 0 aromatic heterocycles. The van der Waals surface area contributed by atoms with Crippen molar-refractivity contribution in [3.8, 4) is 0 Å². The van der Waals surface area contributed by atoms with Gasteiger partial charge in [0, 0.05) is 26.1 Å². The lowest BCUT2D eigenvalue weighted by molar-refractivity contribution is -0.131. The molecule has 2 atom stereocenters. The second-order valence-electron chi connectivity index (χ2n) is 5.90. The van der Waals surface area contributed by atoms with E-state index in [2.05, 4.69) is 4.90 Å². The summed E-state index contributed by atoms with van der Waals surface area (Å²) < 4.78 is 0. The van der Waals surface area contributed by atoms with Gasteiger partial charge in [-0.2, -0.15) is 0 Å². The zero-order valence-electron chi connectivity index (χ0n) is 11.8. The lowest BCUT2D eigenvalue weighted by atomic mass is 9.85. The quantitative estimate of drug-likeness (QED) is 0.775. The molecule has 1 saturated heterocycles. The number of amides is 1. The summed E-state index contributed by atoms with van der Waals surface area (Å²) >= 11 is 4.85. The molecule has 0 spiro atoms. The van der Waals surface area contributed by atoms with Crippen LogP contribution in [0.2, 0.25) is 0 Å². The molecular weight excluding hydrogens is 258 g/mol. The maximum absolute atomic E-state index is 12.2. The van der Waals surface area contributed by atoms with Crippen LogP contribution >= 0.6 is 12.2 Å². The number of nitrogens with zero attached hydrogens (tertiary/aromatic N) is 2. The van der Waals surface area contributed by atoms with E-state index in [4.69, 9.17) is 18.0 Å². The Hall–Kier alpha value is -0.680. The molecule has 2 unspecified atom stereocenters. The van der Waals surface area contributed by atoms with Gasteiger partial charge in [-0.15, -0.1) is 0 Å². The van der Waals surface area contributed by atoms with Crippen LogP contribution in [0.4, 0.5) is 0 Å². The van der Waals surface area contributed by atoms with Crippen LogP contribution in [0.3, 0.4) is 0 Å². The van der Waals surface area contributed by atoms with Crippen LogP contribution < -0.4 is 5.73 Å². The monoisotopic (exact) mass is 283 g/mol. The summed E-state index contributed by atoms with van der Waals surface area (Å²) in [6, 6.07) is 0.654. The minimum atomic E-state index is 0.197. The van der Waals surface area contributed by atoms with Gasteiger partial charge in [-0.3, -0.25) is 9.69 Å².